The molecule has 1 aliphatic rings. The molecule has 0 aromatic heterocycles. The number of ketones is 1. The van der Waals surface area contributed by atoms with Crippen LogP contribution < -0.4 is 10.1 Å². The zero-order chi connectivity index (χ0) is 14.5. The number of hydrogen-bond donors (Lipinski definition) is 1. The minimum atomic E-state index is 0.165. The van der Waals surface area contributed by atoms with Gasteiger partial charge in [0.1, 0.15) is 5.75 Å². The molecule has 2 rings (SSSR count). The van der Waals surface area contributed by atoms with E-state index >= 15 is 0 Å². The van der Waals surface area contributed by atoms with Crippen LogP contribution in [-0.4, -0.2) is 26.0 Å². The number of benzene rings is 1. The molecule has 0 saturated carbocycles. The number of ether oxygens (including phenoxy) is 1. The van der Waals surface area contributed by atoms with Crippen molar-refractivity contribution in [3.63, 3.8) is 0 Å². The Hall–Kier alpha value is -1.06. The molecule has 1 aromatic carbocycles. The van der Waals surface area contributed by atoms with E-state index < -0.39 is 0 Å². The second-order valence-corrected chi connectivity index (χ2v) is 5.97. The molecule has 4 heteroatoms. The third-order valence-corrected chi connectivity index (χ3v) is 4.43. The van der Waals surface area contributed by atoms with Gasteiger partial charge in [0.15, 0.2) is 5.78 Å². The fourth-order valence-electron chi connectivity index (χ4n) is 2.77. The van der Waals surface area contributed by atoms with E-state index in [1.807, 2.05) is 0 Å². The maximum Gasteiger partial charge on any atom is 0.163 e. The Labute approximate surface area is 125 Å². The van der Waals surface area contributed by atoms with Gasteiger partial charge in [0.2, 0.25) is 0 Å². The van der Waals surface area contributed by atoms with E-state index in [4.69, 9.17) is 16.3 Å². The molecular formula is C16H22ClNO2. The van der Waals surface area contributed by atoms with Crippen molar-refractivity contribution in [3.05, 3.63) is 28.8 Å². The van der Waals surface area contributed by atoms with Gasteiger partial charge < -0.3 is 10.1 Å². The van der Waals surface area contributed by atoms with Crippen LogP contribution >= 0.6 is 11.6 Å². The first-order valence-electron chi connectivity index (χ1n) is 7.19. The minimum Gasteiger partial charge on any atom is -0.495 e. The summed E-state index contributed by atoms with van der Waals surface area (Å²) in [4.78, 5) is 12.4. The van der Waals surface area contributed by atoms with Crippen molar-refractivity contribution in [1.29, 1.82) is 0 Å². The van der Waals surface area contributed by atoms with Crippen LogP contribution in [0.2, 0.25) is 5.02 Å². The zero-order valence-corrected chi connectivity index (χ0v) is 12.9. The molecule has 1 heterocycles. The summed E-state index contributed by atoms with van der Waals surface area (Å²) in [6.07, 6.45) is 3.00. The molecule has 0 radical (unpaired) electrons. The largest absolute Gasteiger partial charge is 0.495 e. The lowest BCUT2D eigenvalue weighted by Gasteiger charge is -2.28. The fourth-order valence-corrected chi connectivity index (χ4v) is 2.97. The maximum atomic E-state index is 12.4. The summed E-state index contributed by atoms with van der Waals surface area (Å²) in [6, 6.07) is 5.23. The van der Waals surface area contributed by atoms with Crippen LogP contribution in [0.5, 0.6) is 5.75 Å². The monoisotopic (exact) mass is 295 g/mol. The molecule has 2 unspecified atom stereocenters. The molecule has 110 valence electrons. The SMILES string of the molecule is COc1cc(C(=O)CC(C)C2CCCNC2)ccc1Cl. The maximum absolute atomic E-state index is 12.4. The number of Topliss-reactive ketones (excluding diaryl/α,β-unsaturated/α-hetero) is 1. The van der Waals surface area contributed by atoms with E-state index in [2.05, 4.69) is 12.2 Å². The quantitative estimate of drug-likeness (QED) is 0.844. The molecule has 0 bridgehead atoms. The first-order valence-corrected chi connectivity index (χ1v) is 7.57. The number of carbonyl (C=O) groups is 1. The lowest BCUT2D eigenvalue weighted by Crippen LogP contribution is -2.34. The first-order chi connectivity index (χ1) is 9.61. The smallest absolute Gasteiger partial charge is 0.163 e. The zero-order valence-electron chi connectivity index (χ0n) is 12.1. The Bertz CT molecular complexity index is 470. The van der Waals surface area contributed by atoms with Gasteiger partial charge in [-0.15, -0.1) is 0 Å². The van der Waals surface area contributed by atoms with Gasteiger partial charge in [-0.1, -0.05) is 18.5 Å². The van der Waals surface area contributed by atoms with Gasteiger partial charge in [0.25, 0.3) is 0 Å². The minimum absolute atomic E-state index is 0.165. The lowest BCUT2D eigenvalue weighted by atomic mass is 9.83. The van der Waals surface area contributed by atoms with Gasteiger partial charge in [-0.05, 0) is 56.0 Å². The van der Waals surface area contributed by atoms with Crippen LogP contribution in [0, 0.1) is 11.8 Å². The topological polar surface area (TPSA) is 38.3 Å². The van der Waals surface area contributed by atoms with Crippen molar-refractivity contribution in [1.82, 2.24) is 5.32 Å². The van der Waals surface area contributed by atoms with Crippen molar-refractivity contribution in [3.8, 4) is 5.75 Å². The predicted molar refractivity (Wildman–Crippen MR) is 81.7 cm³/mol. The number of carbonyl (C=O) groups excluding carboxylic acids is 1. The highest BCUT2D eigenvalue weighted by Gasteiger charge is 2.22. The fraction of sp³-hybridized carbons (Fsp3) is 0.562. The molecule has 3 nitrogen and oxygen atoms in total. The van der Waals surface area contributed by atoms with Gasteiger partial charge in [-0.3, -0.25) is 4.79 Å². The van der Waals surface area contributed by atoms with Crippen LogP contribution in [0.3, 0.4) is 0 Å². The van der Waals surface area contributed by atoms with Crippen LogP contribution in [0.1, 0.15) is 36.5 Å². The van der Waals surface area contributed by atoms with Gasteiger partial charge in [0.05, 0.1) is 12.1 Å². The van der Waals surface area contributed by atoms with Crippen LogP contribution in [0.25, 0.3) is 0 Å². The van der Waals surface area contributed by atoms with Gasteiger partial charge in [0, 0.05) is 12.0 Å². The molecule has 0 amide bonds. The third-order valence-electron chi connectivity index (χ3n) is 4.12. The summed E-state index contributed by atoms with van der Waals surface area (Å²) in [6.45, 7) is 4.30. The Morgan fingerprint density at radius 2 is 2.35 bits per heavy atom. The number of piperidine rings is 1. The number of nitrogens with one attached hydrogen (secondary N) is 1. The number of hydrogen-bond acceptors (Lipinski definition) is 3. The summed E-state index contributed by atoms with van der Waals surface area (Å²) in [5, 5.41) is 3.94. The summed E-state index contributed by atoms with van der Waals surface area (Å²) in [5.41, 5.74) is 0.682. The molecule has 1 saturated heterocycles. The highest BCUT2D eigenvalue weighted by atomic mass is 35.5. The van der Waals surface area contributed by atoms with Crippen molar-refractivity contribution in [2.24, 2.45) is 11.8 Å². The van der Waals surface area contributed by atoms with E-state index in [1.54, 1.807) is 25.3 Å². The average molecular weight is 296 g/mol. The third kappa shape index (κ3) is 3.74. The predicted octanol–water partition coefficient (Wildman–Crippen LogP) is 3.56. The van der Waals surface area contributed by atoms with Crippen molar-refractivity contribution >= 4 is 17.4 Å². The second-order valence-electron chi connectivity index (χ2n) is 5.56. The van der Waals surface area contributed by atoms with Crippen LogP contribution in [0.15, 0.2) is 18.2 Å². The molecule has 1 aliphatic heterocycles. The molecule has 2 atom stereocenters. The number of rotatable bonds is 5. The number of halogens is 1. The average Bonchev–Trinajstić information content (AvgIpc) is 2.48. The summed E-state index contributed by atoms with van der Waals surface area (Å²) in [5.74, 6) is 1.72. The summed E-state index contributed by atoms with van der Waals surface area (Å²) in [7, 11) is 1.56. The van der Waals surface area contributed by atoms with Gasteiger partial charge in [-0.2, -0.15) is 0 Å². The molecule has 1 fully saturated rings. The van der Waals surface area contributed by atoms with Crippen molar-refractivity contribution in [2.75, 3.05) is 20.2 Å². The standard InChI is InChI=1S/C16H22ClNO2/c1-11(13-4-3-7-18-10-13)8-15(19)12-5-6-14(17)16(9-12)20-2/h5-6,9,11,13,18H,3-4,7-8,10H2,1-2H3. The van der Waals surface area contributed by atoms with E-state index in [0.717, 1.165) is 13.1 Å². The first kappa shape index (κ1) is 15.3. The van der Waals surface area contributed by atoms with E-state index in [-0.39, 0.29) is 5.78 Å². The molecule has 20 heavy (non-hydrogen) atoms. The molecular weight excluding hydrogens is 274 g/mol. The normalized spacial score (nSPS) is 20.4. The van der Waals surface area contributed by atoms with Crippen molar-refractivity contribution < 1.29 is 9.53 Å². The molecule has 1 aromatic rings. The van der Waals surface area contributed by atoms with Crippen LogP contribution in [-0.2, 0) is 0 Å². The number of methoxy groups -OCH3 is 1. The Kier molecular flexibility index (Phi) is 5.44. The van der Waals surface area contributed by atoms with Gasteiger partial charge >= 0.3 is 0 Å². The van der Waals surface area contributed by atoms with Crippen LogP contribution in [0.4, 0.5) is 0 Å². The molecule has 0 aliphatic carbocycles. The van der Waals surface area contributed by atoms with E-state index in [9.17, 15) is 4.79 Å². The molecule has 1 N–H and O–H groups in total. The highest BCUT2D eigenvalue weighted by molar-refractivity contribution is 6.32. The Morgan fingerprint density at radius 1 is 1.55 bits per heavy atom. The Morgan fingerprint density at radius 3 is 3.00 bits per heavy atom. The Balaban J connectivity index is 2.00. The summed E-state index contributed by atoms with van der Waals surface area (Å²) >= 11 is 5.98. The van der Waals surface area contributed by atoms with Crippen molar-refractivity contribution in [2.45, 2.75) is 26.2 Å². The lowest BCUT2D eigenvalue weighted by molar-refractivity contribution is 0.0942. The van der Waals surface area contributed by atoms with E-state index in [1.165, 1.54) is 12.8 Å². The molecule has 0 spiro atoms. The summed E-state index contributed by atoms with van der Waals surface area (Å²) < 4.78 is 5.16. The highest BCUT2D eigenvalue weighted by Crippen LogP contribution is 2.28. The second kappa shape index (κ2) is 7.09. The van der Waals surface area contributed by atoms with E-state index in [0.29, 0.717) is 34.6 Å². The van der Waals surface area contributed by atoms with Gasteiger partial charge in [-0.25, -0.2) is 0 Å².